The Morgan fingerprint density at radius 1 is 0.852 bits per heavy atom. The number of alkyl halides is 3. The second-order valence-corrected chi connectivity index (χ2v) is 12.8. The Balaban J connectivity index is 0.000000281. The third kappa shape index (κ3) is 13.9. The number of carbonyl (C=O) groups excluding carboxylic acids is 2. The van der Waals surface area contributed by atoms with Gasteiger partial charge in [-0.15, -0.1) is 24.8 Å². The van der Waals surface area contributed by atoms with Crippen LogP contribution in [0.3, 0.4) is 0 Å². The summed E-state index contributed by atoms with van der Waals surface area (Å²) in [6, 6.07) is 27.0. The van der Waals surface area contributed by atoms with E-state index in [0.717, 1.165) is 43.3 Å². The summed E-state index contributed by atoms with van der Waals surface area (Å²) in [5.74, 6) is 1.87. The number of esters is 1. The third-order valence-corrected chi connectivity index (χ3v) is 8.63. The molecular formula is C39H43Cl3F3N3O6. The molecule has 1 N–H and O–H groups in total. The maximum Gasteiger partial charge on any atom is 0.416 e. The summed E-state index contributed by atoms with van der Waals surface area (Å²) in [4.78, 5) is 28.3. The first kappa shape index (κ1) is 44.2. The van der Waals surface area contributed by atoms with Crippen molar-refractivity contribution in [2.45, 2.75) is 32.1 Å². The molecule has 1 atom stereocenters. The lowest BCUT2D eigenvalue weighted by molar-refractivity contribution is -0.137. The van der Waals surface area contributed by atoms with E-state index in [1.165, 1.54) is 11.6 Å². The van der Waals surface area contributed by atoms with Gasteiger partial charge in [0.25, 0.3) is 5.91 Å². The molecule has 0 radical (unpaired) electrons. The summed E-state index contributed by atoms with van der Waals surface area (Å²) in [6.45, 7) is 6.74. The number of ether oxygens (including phenoxy) is 4. The standard InChI is InChI=1S/C20H21ClN2O4.C19H20F3NO2.2ClH/c21-16-2-4-17(5-3-16)25-13-20(24)23-9-7-22(8-10-23)12-15-1-6-18-19(11-15)27-14-26-18;1-14(12-15-6-5-9-17(13-15)19(20,21)22)23-10-11-25-18(24)16-7-3-2-4-8-16;;/h1-6,11H,7-10,12-14H2;2-9,13-14,23H,10-12H2,1H3;2*1H. The molecule has 0 saturated carbocycles. The first-order valence-electron chi connectivity index (χ1n) is 16.9. The molecule has 1 saturated heterocycles. The van der Waals surface area contributed by atoms with Crippen LogP contribution in [0.4, 0.5) is 13.2 Å². The van der Waals surface area contributed by atoms with E-state index in [1.807, 2.05) is 30.0 Å². The molecule has 54 heavy (non-hydrogen) atoms. The van der Waals surface area contributed by atoms with E-state index in [-0.39, 0.29) is 56.8 Å². The van der Waals surface area contributed by atoms with Crippen molar-refractivity contribution >= 4 is 48.3 Å². The predicted molar refractivity (Wildman–Crippen MR) is 205 cm³/mol. The van der Waals surface area contributed by atoms with Gasteiger partial charge < -0.3 is 29.2 Å². The fraction of sp³-hybridized carbons (Fsp3) is 0.333. The van der Waals surface area contributed by atoms with Crippen LogP contribution in [-0.2, 0) is 28.7 Å². The fourth-order valence-corrected chi connectivity index (χ4v) is 5.75. The van der Waals surface area contributed by atoms with Gasteiger partial charge >= 0.3 is 12.1 Å². The normalized spacial score (nSPS) is 14.1. The number of hydrogen-bond donors (Lipinski definition) is 1. The number of amides is 1. The van der Waals surface area contributed by atoms with E-state index < -0.39 is 17.7 Å². The van der Waals surface area contributed by atoms with Crippen molar-refractivity contribution in [3.8, 4) is 17.2 Å². The summed E-state index contributed by atoms with van der Waals surface area (Å²) in [7, 11) is 0. The highest BCUT2D eigenvalue weighted by Gasteiger charge is 2.30. The first-order valence-corrected chi connectivity index (χ1v) is 17.3. The Hall–Kier alpha value is -4.20. The van der Waals surface area contributed by atoms with E-state index in [4.69, 9.17) is 30.5 Å². The average molecular weight is 813 g/mol. The molecule has 1 fully saturated rings. The van der Waals surface area contributed by atoms with Gasteiger partial charge in [-0.1, -0.05) is 54.1 Å². The van der Waals surface area contributed by atoms with Crippen LogP contribution in [0.5, 0.6) is 17.2 Å². The van der Waals surface area contributed by atoms with Crippen LogP contribution >= 0.6 is 36.4 Å². The molecule has 4 aromatic carbocycles. The van der Waals surface area contributed by atoms with Crippen LogP contribution in [-0.4, -0.2) is 80.4 Å². The van der Waals surface area contributed by atoms with E-state index in [9.17, 15) is 22.8 Å². The van der Waals surface area contributed by atoms with Crippen LogP contribution in [0, 0.1) is 0 Å². The van der Waals surface area contributed by atoms with Crippen molar-refractivity contribution in [2.75, 3.05) is 52.7 Å². The second-order valence-electron chi connectivity index (χ2n) is 12.3. The van der Waals surface area contributed by atoms with Gasteiger partial charge in [-0.25, -0.2) is 4.79 Å². The molecule has 15 heteroatoms. The Bertz CT molecular complexity index is 1760. The molecule has 2 aliphatic heterocycles. The quantitative estimate of drug-likeness (QED) is 0.115. The fourth-order valence-electron chi connectivity index (χ4n) is 5.63. The lowest BCUT2D eigenvalue weighted by Gasteiger charge is -2.34. The van der Waals surface area contributed by atoms with Gasteiger partial charge in [0.2, 0.25) is 6.79 Å². The average Bonchev–Trinajstić information content (AvgIpc) is 3.62. The van der Waals surface area contributed by atoms with Crippen LogP contribution in [0.25, 0.3) is 0 Å². The zero-order valence-corrected chi connectivity index (χ0v) is 31.9. The lowest BCUT2D eigenvalue weighted by Crippen LogP contribution is -2.49. The predicted octanol–water partition coefficient (Wildman–Crippen LogP) is 7.72. The minimum absolute atomic E-state index is 0. The zero-order valence-electron chi connectivity index (χ0n) is 29.6. The largest absolute Gasteiger partial charge is 0.484 e. The van der Waals surface area contributed by atoms with Crippen molar-refractivity contribution < 1.29 is 41.7 Å². The summed E-state index contributed by atoms with van der Waals surface area (Å²) >= 11 is 5.85. The number of benzene rings is 4. The SMILES string of the molecule is CC(Cc1cccc(C(F)(F)F)c1)NCCOC(=O)c1ccccc1.Cl.Cl.O=C(COc1ccc(Cl)cc1)N1CCN(Cc2ccc3c(c2)OCO3)CC1. The van der Waals surface area contributed by atoms with Gasteiger partial charge in [-0.05, 0) is 79.1 Å². The van der Waals surface area contributed by atoms with Crippen molar-refractivity contribution in [3.05, 3.63) is 124 Å². The molecule has 2 aliphatic rings. The number of nitrogens with one attached hydrogen (secondary N) is 1. The number of halogens is 6. The van der Waals surface area contributed by atoms with Crippen molar-refractivity contribution in [1.82, 2.24) is 15.1 Å². The molecular weight excluding hydrogens is 770 g/mol. The van der Waals surface area contributed by atoms with Gasteiger partial charge in [0.1, 0.15) is 12.4 Å². The third-order valence-electron chi connectivity index (χ3n) is 8.38. The van der Waals surface area contributed by atoms with Crippen LogP contribution < -0.4 is 19.5 Å². The van der Waals surface area contributed by atoms with E-state index in [2.05, 4.69) is 16.3 Å². The van der Waals surface area contributed by atoms with E-state index >= 15 is 0 Å². The summed E-state index contributed by atoms with van der Waals surface area (Å²) in [6.07, 6.45) is -3.88. The molecule has 2 heterocycles. The molecule has 9 nitrogen and oxygen atoms in total. The van der Waals surface area contributed by atoms with Gasteiger partial charge in [-0.2, -0.15) is 13.2 Å². The smallest absolute Gasteiger partial charge is 0.416 e. The topological polar surface area (TPSA) is 89.6 Å². The summed E-state index contributed by atoms with van der Waals surface area (Å²) in [5.41, 5.74) is 1.63. The van der Waals surface area contributed by atoms with Crippen molar-refractivity contribution in [1.29, 1.82) is 0 Å². The summed E-state index contributed by atoms with van der Waals surface area (Å²) in [5, 5.41) is 3.78. The molecule has 0 aromatic heterocycles. The van der Waals surface area contributed by atoms with Gasteiger partial charge in [0.05, 0.1) is 11.1 Å². The maximum absolute atomic E-state index is 12.7. The Kier molecular flexibility index (Phi) is 17.7. The maximum atomic E-state index is 12.7. The highest BCUT2D eigenvalue weighted by atomic mass is 35.5. The van der Waals surface area contributed by atoms with E-state index in [1.54, 1.807) is 54.6 Å². The number of nitrogens with zero attached hydrogens (tertiary/aromatic N) is 2. The van der Waals surface area contributed by atoms with E-state index in [0.29, 0.717) is 48.0 Å². The monoisotopic (exact) mass is 811 g/mol. The minimum Gasteiger partial charge on any atom is -0.484 e. The molecule has 0 aliphatic carbocycles. The van der Waals surface area contributed by atoms with Crippen LogP contribution in [0.2, 0.25) is 5.02 Å². The van der Waals surface area contributed by atoms with Crippen LogP contribution in [0.1, 0.15) is 34.0 Å². The Labute approximate surface area is 330 Å². The zero-order chi connectivity index (χ0) is 36.9. The highest BCUT2D eigenvalue weighted by Crippen LogP contribution is 2.33. The summed E-state index contributed by atoms with van der Waals surface area (Å²) < 4.78 is 59.6. The van der Waals surface area contributed by atoms with Crippen LogP contribution in [0.15, 0.2) is 97.1 Å². The number of hydrogen-bond acceptors (Lipinski definition) is 8. The number of piperazine rings is 1. The second kappa shape index (κ2) is 21.6. The van der Waals surface area contributed by atoms with Gasteiger partial charge in [-0.3, -0.25) is 9.69 Å². The molecule has 6 rings (SSSR count). The minimum atomic E-state index is -4.34. The number of rotatable bonds is 12. The first-order chi connectivity index (χ1) is 25.0. The number of fused-ring (bicyclic) bond motifs is 1. The molecule has 292 valence electrons. The molecule has 4 aromatic rings. The van der Waals surface area contributed by atoms with Gasteiger partial charge in [0, 0.05) is 50.3 Å². The highest BCUT2D eigenvalue weighted by molar-refractivity contribution is 6.30. The molecule has 1 unspecified atom stereocenters. The Morgan fingerprint density at radius 2 is 1.56 bits per heavy atom. The Morgan fingerprint density at radius 3 is 2.26 bits per heavy atom. The molecule has 1 amide bonds. The lowest BCUT2D eigenvalue weighted by atomic mass is 10.0. The number of carbonyl (C=O) groups is 2. The van der Waals surface area contributed by atoms with Crippen molar-refractivity contribution in [3.63, 3.8) is 0 Å². The molecule has 0 spiro atoms. The van der Waals surface area contributed by atoms with Gasteiger partial charge in [0.15, 0.2) is 18.1 Å². The van der Waals surface area contributed by atoms with Crippen molar-refractivity contribution in [2.24, 2.45) is 0 Å². The molecule has 0 bridgehead atoms.